The fourth-order valence-corrected chi connectivity index (χ4v) is 1.60. The van der Waals surface area contributed by atoms with E-state index in [9.17, 15) is 0 Å². The molecule has 0 spiro atoms. The summed E-state index contributed by atoms with van der Waals surface area (Å²) in [4.78, 5) is 2.62. The normalized spacial score (nSPS) is 15.2. The predicted molar refractivity (Wildman–Crippen MR) is 63.2 cm³/mol. The first-order chi connectivity index (χ1) is 5.67. The summed E-state index contributed by atoms with van der Waals surface area (Å²) in [6, 6.07) is 1.50. The van der Waals surface area contributed by atoms with Gasteiger partial charge in [-0.25, -0.2) is 0 Å². The molecule has 0 amide bonds. The molecule has 0 heterocycles. The van der Waals surface area contributed by atoms with Crippen LogP contribution in [0.15, 0.2) is 0 Å². The van der Waals surface area contributed by atoms with Crippen LogP contribution in [0.3, 0.4) is 0 Å². The van der Waals surface area contributed by atoms with E-state index in [0.29, 0.717) is 0 Å². The lowest BCUT2D eigenvalue weighted by Crippen LogP contribution is -2.40. The molecule has 2 atom stereocenters. The summed E-state index contributed by atoms with van der Waals surface area (Å²) in [5, 5.41) is 0. The van der Waals surface area contributed by atoms with Gasteiger partial charge >= 0.3 is 0 Å². The first-order valence-corrected chi connectivity index (χ1v) is 5.43. The molecule has 0 aliphatic heterocycles. The van der Waals surface area contributed by atoms with Gasteiger partial charge in [-0.15, -0.1) is 0 Å². The minimum atomic E-state index is 0. The number of rotatable bonds is 6. The van der Waals surface area contributed by atoms with Gasteiger partial charge in [0.05, 0.1) is 0 Å². The monoisotopic (exact) mass is 187 g/mol. The Bertz CT molecular complexity index is 91.3. The van der Waals surface area contributed by atoms with E-state index >= 15 is 0 Å². The van der Waals surface area contributed by atoms with Crippen LogP contribution in [-0.4, -0.2) is 23.5 Å². The van der Waals surface area contributed by atoms with Crippen molar-refractivity contribution in [3.05, 3.63) is 0 Å². The largest absolute Gasteiger partial charge is 0.298 e. The van der Waals surface area contributed by atoms with Gasteiger partial charge in [0.25, 0.3) is 0 Å². The van der Waals surface area contributed by atoms with Crippen molar-refractivity contribution in [2.75, 3.05) is 6.54 Å². The summed E-state index contributed by atoms with van der Waals surface area (Å²) >= 11 is 0. The van der Waals surface area contributed by atoms with E-state index in [-0.39, 0.29) is 7.43 Å². The Morgan fingerprint density at radius 3 is 1.54 bits per heavy atom. The fraction of sp³-hybridized carbons (Fsp3) is 1.00. The van der Waals surface area contributed by atoms with Crippen LogP contribution in [0.4, 0.5) is 0 Å². The molecule has 1 nitrogen and oxygen atoms in total. The highest BCUT2D eigenvalue weighted by Gasteiger charge is 2.15. The molecule has 0 aliphatic rings. The smallest absolute Gasteiger partial charge is 0.00671 e. The fourth-order valence-electron chi connectivity index (χ4n) is 1.60. The topological polar surface area (TPSA) is 3.24 Å². The van der Waals surface area contributed by atoms with E-state index in [1.165, 1.54) is 25.8 Å². The van der Waals surface area contributed by atoms with E-state index < -0.39 is 0 Å². The average molecular weight is 187 g/mol. The summed E-state index contributed by atoms with van der Waals surface area (Å²) in [6.45, 7) is 12.7. The molecular formula is C12H29N. The van der Waals surface area contributed by atoms with Crippen molar-refractivity contribution >= 4 is 0 Å². The standard InChI is InChI=1S/C11H25N.CH4/c1-6-9-12(10(4)7-2)11(5)8-3;/h10-11H,6-9H2,1-5H3;1H4. The molecule has 0 radical (unpaired) electrons. The molecule has 0 aliphatic carbocycles. The molecule has 0 rings (SSSR count). The maximum Gasteiger partial charge on any atom is 0.00671 e. The van der Waals surface area contributed by atoms with E-state index in [1.807, 2.05) is 0 Å². The van der Waals surface area contributed by atoms with Crippen molar-refractivity contribution in [1.82, 2.24) is 4.90 Å². The van der Waals surface area contributed by atoms with Crippen LogP contribution in [0, 0.1) is 0 Å². The molecule has 0 bridgehead atoms. The Morgan fingerprint density at radius 1 is 0.923 bits per heavy atom. The molecule has 0 N–H and O–H groups in total. The molecule has 82 valence electrons. The zero-order valence-corrected chi connectivity index (χ0v) is 9.43. The van der Waals surface area contributed by atoms with Crippen LogP contribution in [0.5, 0.6) is 0 Å². The van der Waals surface area contributed by atoms with Gasteiger partial charge < -0.3 is 0 Å². The predicted octanol–water partition coefficient (Wildman–Crippen LogP) is 3.93. The molecule has 0 aromatic carbocycles. The second-order valence-electron chi connectivity index (χ2n) is 3.75. The van der Waals surface area contributed by atoms with Crippen LogP contribution in [0.2, 0.25) is 0 Å². The Balaban J connectivity index is 0. The van der Waals surface area contributed by atoms with E-state index in [2.05, 4.69) is 39.5 Å². The van der Waals surface area contributed by atoms with Crippen LogP contribution in [0.1, 0.15) is 61.3 Å². The van der Waals surface area contributed by atoms with Gasteiger partial charge in [0.1, 0.15) is 0 Å². The number of hydrogen-bond acceptors (Lipinski definition) is 1. The van der Waals surface area contributed by atoms with Crippen LogP contribution in [-0.2, 0) is 0 Å². The SMILES string of the molecule is C.CCCN(C(C)CC)C(C)CC. The highest BCUT2D eigenvalue weighted by Crippen LogP contribution is 2.11. The van der Waals surface area contributed by atoms with Gasteiger partial charge in [-0.2, -0.15) is 0 Å². The van der Waals surface area contributed by atoms with Gasteiger partial charge in [-0.3, -0.25) is 4.90 Å². The highest BCUT2D eigenvalue weighted by molar-refractivity contribution is 4.71. The maximum atomic E-state index is 2.62. The van der Waals surface area contributed by atoms with Crippen LogP contribution in [0.25, 0.3) is 0 Å². The summed E-state index contributed by atoms with van der Waals surface area (Å²) in [5.74, 6) is 0. The van der Waals surface area contributed by atoms with Crippen molar-refractivity contribution in [2.45, 2.75) is 73.4 Å². The summed E-state index contributed by atoms with van der Waals surface area (Å²) in [6.07, 6.45) is 3.81. The molecule has 13 heavy (non-hydrogen) atoms. The van der Waals surface area contributed by atoms with Crippen molar-refractivity contribution in [3.8, 4) is 0 Å². The lowest BCUT2D eigenvalue weighted by atomic mass is 10.1. The second-order valence-corrected chi connectivity index (χ2v) is 3.75. The third-order valence-electron chi connectivity index (χ3n) is 2.80. The maximum absolute atomic E-state index is 2.62. The Hall–Kier alpha value is -0.0400. The second kappa shape index (κ2) is 8.55. The van der Waals surface area contributed by atoms with E-state index in [4.69, 9.17) is 0 Å². The molecule has 2 unspecified atom stereocenters. The van der Waals surface area contributed by atoms with Gasteiger partial charge in [0, 0.05) is 12.1 Å². The molecule has 0 aromatic rings. The summed E-state index contributed by atoms with van der Waals surface area (Å²) < 4.78 is 0. The Kier molecular flexibility index (Phi) is 10.2. The van der Waals surface area contributed by atoms with E-state index in [1.54, 1.807) is 0 Å². The van der Waals surface area contributed by atoms with Crippen molar-refractivity contribution in [2.24, 2.45) is 0 Å². The lowest BCUT2D eigenvalue weighted by molar-refractivity contribution is 0.146. The van der Waals surface area contributed by atoms with Crippen LogP contribution >= 0.6 is 0 Å². The average Bonchev–Trinajstić information content (AvgIpc) is 2.11. The molecule has 0 saturated carbocycles. The third-order valence-corrected chi connectivity index (χ3v) is 2.80. The van der Waals surface area contributed by atoms with Gasteiger partial charge in [-0.05, 0) is 39.7 Å². The molecular weight excluding hydrogens is 158 g/mol. The van der Waals surface area contributed by atoms with Gasteiger partial charge in [-0.1, -0.05) is 28.2 Å². The summed E-state index contributed by atoms with van der Waals surface area (Å²) in [7, 11) is 0. The van der Waals surface area contributed by atoms with Gasteiger partial charge in [0.15, 0.2) is 0 Å². The van der Waals surface area contributed by atoms with Crippen molar-refractivity contribution in [3.63, 3.8) is 0 Å². The lowest BCUT2D eigenvalue weighted by Gasteiger charge is -2.33. The third kappa shape index (κ3) is 5.30. The highest BCUT2D eigenvalue weighted by atomic mass is 15.2. The minimum absolute atomic E-state index is 0. The number of hydrogen-bond donors (Lipinski definition) is 0. The molecule has 0 saturated heterocycles. The van der Waals surface area contributed by atoms with Gasteiger partial charge in [0.2, 0.25) is 0 Å². The first kappa shape index (κ1) is 15.4. The zero-order chi connectivity index (χ0) is 9.56. The van der Waals surface area contributed by atoms with Crippen molar-refractivity contribution in [1.29, 1.82) is 0 Å². The zero-order valence-electron chi connectivity index (χ0n) is 9.43. The van der Waals surface area contributed by atoms with Crippen LogP contribution < -0.4 is 0 Å². The quantitative estimate of drug-likeness (QED) is 0.609. The number of nitrogens with zero attached hydrogens (tertiary/aromatic N) is 1. The summed E-state index contributed by atoms with van der Waals surface area (Å²) in [5.41, 5.74) is 0. The molecule has 0 aromatic heterocycles. The molecule has 1 heteroatoms. The molecule has 0 fully saturated rings. The van der Waals surface area contributed by atoms with E-state index in [0.717, 1.165) is 12.1 Å². The minimum Gasteiger partial charge on any atom is -0.298 e. The Morgan fingerprint density at radius 2 is 1.31 bits per heavy atom. The Labute approximate surface area is 85.5 Å². The first-order valence-electron chi connectivity index (χ1n) is 5.43. The van der Waals surface area contributed by atoms with Crippen molar-refractivity contribution < 1.29 is 0 Å².